The molecular weight excluding hydrogens is 553 g/mol. The van der Waals surface area contributed by atoms with Gasteiger partial charge in [-0.25, -0.2) is 0 Å². The molecule has 0 aliphatic heterocycles. The Balaban J connectivity index is 3.48. The van der Waals surface area contributed by atoms with Gasteiger partial charge in [0, 0.05) is 12.1 Å². The molecule has 0 unspecified atom stereocenters. The highest BCUT2D eigenvalue weighted by atomic mass is 35.5. The van der Waals surface area contributed by atoms with Crippen LogP contribution in [0.15, 0.2) is 24.4 Å². The van der Waals surface area contributed by atoms with Crippen molar-refractivity contribution in [3.8, 4) is 0 Å². The Morgan fingerprint density at radius 2 is 0.941 bits per heavy atom. The van der Waals surface area contributed by atoms with Gasteiger partial charge >= 0.3 is 47.6 Å². The summed E-state index contributed by atoms with van der Waals surface area (Å²) < 4.78 is 224. The molecule has 34 heavy (non-hydrogen) atoms. The van der Waals surface area contributed by atoms with Gasteiger partial charge in [-0.3, -0.25) is 0 Å². The van der Waals surface area contributed by atoms with Gasteiger partial charge in [-0.1, -0.05) is 0 Å². The van der Waals surface area contributed by atoms with Gasteiger partial charge in [0.05, 0.1) is 6.42 Å². The van der Waals surface area contributed by atoms with E-state index in [4.69, 9.17) is 11.6 Å². The highest BCUT2D eigenvalue weighted by Crippen LogP contribution is 2.64. The number of alkyl halides is 17. The van der Waals surface area contributed by atoms with Gasteiger partial charge in [-0.15, -0.1) is 0 Å². The molecule has 19 heteroatoms. The van der Waals surface area contributed by atoms with Crippen LogP contribution in [-0.4, -0.2) is 47.6 Å². The molecule has 0 amide bonds. The van der Waals surface area contributed by atoms with Gasteiger partial charge in [-0.05, 0) is 17.7 Å². The summed E-state index contributed by atoms with van der Waals surface area (Å²) in [5, 5.41) is -0.515. The number of hydrogen-bond acceptors (Lipinski definition) is 0. The SMILES string of the molecule is FC(F)(F)C(F)(F)C(F)(F)C(F)(F)C(F)(F)C(F)(F)C(F)(F)C(F)(F)CC[n+]1ccccc1Cl. The van der Waals surface area contributed by atoms with E-state index >= 15 is 0 Å². The van der Waals surface area contributed by atoms with E-state index in [2.05, 4.69) is 0 Å². The fourth-order valence-electron chi connectivity index (χ4n) is 2.25. The van der Waals surface area contributed by atoms with E-state index in [1.54, 1.807) is 0 Å². The number of hydrogen-bond donors (Lipinski definition) is 0. The molecule has 0 aromatic carbocycles. The maximum Gasteiger partial charge on any atom is 0.460 e. The minimum absolute atomic E-state index is 0.439. The van der Waals surface area contributed by atoms with E-state index in [9.17, 15) is 74.6 Å². The maximum absolute atomic E-state index is 13.8. The topological polar surface area (TPSA) is 3.88 Å². The molecule has 198 valence electrons. The molecule has 0 spiro atoms. The molecule has 0 aliphatic carbocycles. The summed E-state index contributed by atoms with van der Waals surface area (Å²) in [6.07, 6.45) is -9.58. The number of rotatable bonds is 9. The van der Waals surface area contributed by atoms with Crippen LogP contribution in [-0.2, 0) is 6.54 Å². The minimum atomic E-state index is -8.63. The van der Waals surface area contributed by atoms with Crippen LogP contribution >= 0.6 is 11.6 Å². The molecule has 0 fully saturated rings. The first-order valence-electron chi connectivity index (χ1n) is 8.09. The summed E-state index contributed by atoms with van der Waals surface area (Å²) in [5.74, 6) is -56.3. The first-order chi connectivity index (χ1) is 14.7. The molecule has 0 N–H and O–H groups in total. The fraction of sp³-hybridized carbons (Fsp3) is 0.667. The minimum Gasteiger partial charge on any atom is -0.199 e. The van der Waals surface area contributed by atoms with Crippen molar-refractivity contribution in [2.45, 2.75) is 60.6 Å². The lowest BCUT2D eigenvalue weighted by Crippen LogP contribution is -2.74. The number of nitrogens with zero attached hydrogens (tertiary/aromatic N) is 1. The number of aromatic nitrogens is 1. The average Bonchev–Trinajstić information content (AvgIpc) is 2.65. The van der Waals surface area contributed by atoms with Crippen LogP contribution in [0.1, 0.15) is 6.42 Å². The van der Waals surface area contributed by atoms with Crippen molar-refractivity contribution in [2.75, 3.05) is 0 Å². The van der Waals surface area contributed by atoms with Crippen LogP contribution in [0.4, 0.5) is 74.6 Å². The molecule has 1 heterocycles. The molecule has 1 aromatic rings. The average molecular weight is 561 g/mol. The second-order valence-electron chi connectivity index (χ2n) is 6.62. The number of pyridine rings is 1. The molecule has 0 saturated carbocycles. The van der Waals surface area contributed by atoms with Gasteiger partial charge < -0.3 is 0 Å². The van der Waals surface area contributed by atoms with E-state index in [0.717, 1.165) is 24.4 Å². The van der Waals surface area contributed by atoms with Gasteiger partial charge in [0.15, 0.2) is 12.7 Å². The van der Waals surface area contributed by atoms with E-state index in [-0.39, 0.29) is 0 Å². The Labute approximate surface area is 182 Å². The van der Waals surface area contributed by atoms with Crippen molar-refractivity contribution in [2.24, 2.45) is 0 Å². The van der Waals surface area contributed by atoms with E-state index in [1.165, 1.54) is 0 Å². The zero-order valence-electron chi connectivity index (χ0n) is 15.5. The van der Waals surface area contributed by atoms with E-state index < -0.39 is 65.8 Å². The monoisotopic (exact) mass is 560 g/mol. The smallest absolute Gasteiger partial charge is 0.199 e. The van der Waals surface area contributed by atoms with Crippen LogP contribution in [0.2, 0.25) is 5.15 Å². The molecule has 0 atom stereocenters. The molecular formula is C15H8ClF17N+. The Morgan fingerprint density at radius 3 is 1.32 bits per heavy atom. The highest BCUT2D eigenvalue weighted by Gasteiger charge is 2.95. The van der Waals surface area contributed by atoms with Crippen molar-refractivity contribution in [3.63, 3.8) is 0 Å². The van der Waals surface area contributed by atoms with Gasteiger partial charge in [0.25, 0.3) is 5.15 Å². The molecule has 1 rings (SSSR count). The second-order valence-corrected chi connectivity index (χ2v) is 7.00. The van der Waals surface area contributed by atoms with Gasteiger partial charge in [-0.2, -0.15) is 79.2 Å². The third-order valence-electron chi connectivity index (χ3n) is 4.34. The van der Waals surface area contributed by atoms with E-state index in [1.807, 2.05) is 0 Å². The lowest BCUT2D eigenvalue weighted by molar-refractivity contribution is -0.698. The quantitative estimate of drug-likeness (QED) is 0.174. The normalized spacial score (nSPS) is 15.6. The highest BCUT2D eigenvalue weighted by molar-refractivity contribution is 6.28. The predicted octanol–water partition coefficient (Wildman–Crippen LogP) is 7.03. The molecule has 0 aliphatic rings. The van der Waals surface area contributed by atoms with Crippen LogP contribution in [0.3, 0.4) is 0 Å². The first kappa shape index (κ1) is 30.3. The van der Waals surface area contributed by atoms with Crippen LogP contribution in [0, 0.1) is 0 Å². The van der Waals surface area contributed by atoms with Crippen molar-refractivity contribution < 1.29 is 79.2 Å². The van der Waals surface area contributed by atoms with Crippen molar-refractivity contribution in [3.05, 3.63) is 29.5 Å². The lowest BCUT2D eigenvalue weighted by atomic mass is 9.88. The zero-order valence-corrected chi connectivity index (χ0v) is 16.2. The third-order valence-corrected chi connectivity index (χ3v) is 4.68. The standard InChI is InChI=1S/C15H8ClF17N/c16-7-3-1-2-5-34(7)6-4-8(17,18)9(19,20)10(21,22)11(23,24)12(25,26)13(27,28)14(29,30)15(31,32)33/h1-3,5H,4,6H2/q+1. The van der Waals surface area contributed by atoms with Crippen LogP contribution in [0.25, 0.3) is 0 Å². The molecule has 1 aromatic heterocycles. The molecule has 0 radical (unpaired) electrons. The Morgan fingerprint density at radius 1 is 0.559 bits per heavy atom. The number of halogens is 18. The van der Waals surface area contributed by atoms with E-state index in [0.29, 0.717) is 4.57 Å². The molecule has 0 bridgehead atoms. The fourth-order valence-corrected chi connectivity index (χ4v) is 2.46. The Hall–Kier alpha value is -1.75. The summed E-state index contributed by atoms with van der Waals surface area (Å²) in [6.45, 7) is -1.48. The first-order valence-corrected chi connectivity index (χ1v) is 8.47. The summed E-state index contributed by atoms with van der Waals surface area (Å²) in [7, 11) is 0. The van der Waals surface area contributed by atoms with Crippen LogP contribution in [0.5, 0.6) is 0 Å². The third kappa shape index (κ3) is 4.23. The summed E-state index contributed by atoms with van der Waals surface area (Å²) in [6, 6.07) is 3.11. The van der Waals surface area contributed by atoms with Gasteiger partial charge in [0.1, 0.15) is 0 Å². The maximum atomic E-state index is 13.8. The Kier molecular flexibility index (Phi) is 7.51. The summed E-state index contributed by atoms with van der Waals surface area (Å²) in [4.78, 5) is 0. The second kappa shape index (κ2) is 8.43. The molecule has 1 nitrogen and oxygen atoms in total. The summed E-state index contributed by atoms with van der Waals surface area (Å²) in [5.41, 5.74) is 0. The van der Waals surface area contributed by atoms with Crippen LogP contribution < -0.4 is 4.57 Å². The van der Waals surface area contributed by atoms with Crippen molar-refractivity contribution in [1.29, 1.82) is 0 Å². The van der Waals surface area contributed by atoms with Crippen molar-refractivity contribution in [1.82, 2.24) is 0 Å². The largest absolute Gasteiger partial charge is 0.460 e. The molecule has 0 saturated heterocycles. The predicted molar refractivity (Wildman–Crippen MR) is 76.9 cm³/mol. The Bertz CT molecular complexity index is 876. The summed E-state index contributed by atoms with van der Waals surface area (Å²) >= 11 is 5.44. The van der Waals surface area contributed by atoms with Crippen molar-refractivity contribution >= 4 is 11.6 Å². The lowest BCUT2D eigenvalue weighted by Gasteiger charge is -2.42. The zero-order chi connectivity index (χ0) is 27.4. The number of aryl methyl sites for hydroxylation is 1. The van der Waals surface area contributed by atoms with Gasteiger partial charge in [0.2, 0.25) is 0 Å².